The van der Waals surface area contributed by atoms with Crippen LogP contribution in [0.3, 0.4) is 0 Å². The van der Waals surface area contributed by atoms with Gasteiger partial charge in [0.1, 0.15) is 19.0 Å². The number of amides is 1. The summed E-state index contributed by atoms with van der Waals surface area (Å²) in [5, 5.41) is 9.56. The van der Waals surface area contributed by atoms with Crippen LogP contribution in [0.5, 0.6) is 11.5 Å². The number of carbonyl (C=O) groups is 1. The first-order valence-electron chi connectivity index (χ1n) is 12.1. The second-order valence-corrected chi connectivity index (χ2v) is 10.7. The highest BCUT2D eigenvalue weighted by Gasteiger charge is 2.45. The van der Waals surface area contributed by atoms with Gasteiger partial charge < -0.3 is 14.8 Å². The highest BCUT2D eigenvalue weighted by atomic mass is 32.1. The number of rotatable bonds is 5. The molecule has 1 aromatic carbocycles. The molecule has 1 N–H and O–H groups in total. The highest BCUT2D eigenvalue weighted by Crippen LogP contribution is 2.51. The van der Waals surface area contributed by atoms with E-state index in [1.807, 2.05) is 16.8 Å². The smallest absolute Gasteiger partial charge is 0.239 e. The van der Waals surface area contributed by atoms with Crippen LogP contribution in [0.4, 0.5) is 5.82 Å². The zero-order valence-corrected chi connectivity index (χ0v) is 20.3. The maximum atomic E-state index is 13.2. The van der Waals surface area contributed by atoms with E-state index in [1.165, 1.54) is 28.8 Å². The van der Waals surface area contributed by atoms with Crippen LogP contribution in [0.25, 0.3) is 0 Å². The molecule has 1 aliphatic carbocycles. The molecule has 7 nitrogen and oxygen atoms in total. The zero-order chi connectivity index (χ0) is 23.1. The van der Waals surface area contributed by atoms with Crippen LogP contribution in [0.1, 0.15) is 54.7 Å². The zero-order valence-electron chi connectivity index (χ0n) is 19.5. The third kappa shape index (κ3) is 3.88. The van der Waals surface area contributed by atoms with E-state index in [-0.39, 0.29) is 17.4 Å². The lowest BCUT2D eigenvalue weighted by Crippen LogP contribution is -2.48. The number of benzene rings is 1. The Bertz CT molecular complexity index is 1180. The largest absolute Gasteiger partial charge is 0.486 e. The van der Waals surface area contributed by atoms with Crippen LogP contribution in [-0.4, -0.2) is 46.9 Å². The van der Waals surface area contributed by atoms with Crippen molar-refractivity contribution in [2.45, 2.75) is 50.6 Å². The first-order chi connectivity index (χ1) is 16.6. The fourth-order valence-electron chi connectivity index (χ4n) is 5.87. The summed E-state index contributed by atoms with van der Waals surface area (Å²) in [5.74, 6) is 2.43. The van der Waals surface area contributed by atoms with Gasteiger partial charge in [-0.2, -0.15) is 5.10 Å². The molecule has 178 valence electrons. The molecular formula is C26H30N4O3S. The van der Waals surface area contributed by atoms with Crippen molar-refractivity contribution in [3.8, 4) is 11.5 Å². The summed E-state index contributed by atoms with van der Waals surface area (Å²) < 4.78 is 13.7. The minimum Gasteiger partial charge on any atom is -0.486 e. The van der Waals surface area contributed by atoms with Gasteiger partial charge in [-0.15, -0.1) is 11.3 Å². The summed E-state index contributed by atoms with van der Waals surface area (Å²) in [5.41, 5.74) is 2.75. The first-order valence-corrected chi connectivity index (χ1v) is 13.0. The maximum absolute atomic E-state index is 13.2. The molecular weight excluding hydrogens is 448 g/mol. The van der Waals surface area contributed by atoms with Crippen molar-refractivity contribution in [1.82, 2.24) is 14.7 Å². The molecule has 1 spiro atoms. The van der Waals surface area contributed by atoms with Crippen molar-refractivity contribution in [2.75, 3.05) is 31.6 Å². The Morgan fingerprint density at radius 1 is 1.21 bits per heavy atom. The summed E-state index contributed by atoms with van der Waals surface area (Å²) >= 11 is 1.69. The maximum Gasteiger partial charge on any atom is 0.239 e. The summed E-state index contributed by atoms with van der Waals surface area (Å²) in [6.07, 6.45) is 6.49. The summed E-state index contributed by atoms with van der Waals surface area (Å²) in [6, 6.07) is 10.5. The molecule has 1 atom stereocenters. The van der Waals surface area contributed by atoms with E-state index >= 15 is 0 Å². The van der Waals surface area contributed by atoms with Gasteiger partial charge in [0.2, 0.25) is 5.91 Å². The molecule has 0 radical (unpaired) electrons. The number of hydrogen-bond donors (Lipinski definition) is 1. The molecule has 34 heavy (non-hydrogen) atoms. The van der Waals surface area contributed by atoms with Gasteiger partial charge in [0.25, 0.3) is 0 Å². The molecule has 1 amide bonds. The molecule has 3 aromatic rings. The molecule has 4 heterocycles. The Labute approximate surface area is 203 Å². The lowest BCUT2D eigenvalue weighted by Gasteiger charge is -2.46. The van der Waals surface area contributed by atoms with Gasteiger partial charge in [-0.3, -0.25) is 9.69 Å². The average Bonchev–Trinajstić information content (AvgIpc) is 3.61. The Balaban J connectivity index is 1.23. The summed E-state index contributed by atoms with van der Waals surface area (Å²) in [7, 11) is 0. The molecule has 0 saturated heterocycles. The van der Waals surface area contributed by atoms with Crippen LogP contribution in [-0.2, 0) is 16.8 Å². The molecule has 2 aliphatic heterocycles. The highest BCUT2D eigenvalue weighted by molar-refractivity contribution is 7.09. The Kier molecular flexibility index (Phi) is 5.57. The van der Waals surface area contributed by atoms with Crippen molar-refractivity contribution in [2.24, 2.45) is 0 Å². The number of nitrogens with zero attached hydrogens (tertiary/aromatic N) is 3. The van der Waals surface area contributed by atoms with E-state index in [0.29, 0.717) is 26.3 Å². The lowest BCUT2D eigenvalue weighted by atomic mass is 9.71. The second kappa shape index (κ2) is 8.74. The Morgan fingerprint density at radius 3 is 2.76 bits per heavy atom. The predicted octanol–water partition coefficient (Wildman–Crippen LogP) is 4.59. The molecule has 0 bridgehead atoms. The Hall–Kier alpha value is -2.84. The lowest BCUT2D eigenvalue weighted by molar-refractivity contribution is -0.118. The van der Waals surface area contributed by atoms with Gasteiger partial charge in [-0.25, -0.2) is 4.68 Å². The van der Waals surface area contributed by atoms with Crippen molar-refractivity contribution >= 4 is 23.1 Å². The normalized spacial score (nSPS) is 20.9. The summed E-state index contributed by atoms with van der Waals surface area (Å²) in [4.78, 5) is 16.7. The number of aromatic nitrogens is 2. The third-order valence-corrected chi connectivity index (χ3v) is 8.43. The molecule has 1 unspecified atom stereocenters. The minimum absolute atomic E-state index is 0.00563. The number of thiophene rings is 1. The molecule has 6 rings (SSSR count). The van der Waals surface area contributed by atoms with Crippen molar-refractivity contribution in [1.29, 1.82) is 0 Å². The van der Waals surface area contributed by atoms with E-state index in [9.17, 15) is 4.79 Å². The third-order valence-electron chi connectivity index (χ3n) is 7.57. The van der Waals surface area contributed by atoms with Crippen LogP contribution in [0.2, 0.25) is 0 Å². The predicted molar refractivity (Wildman–Crippen MR) is 132 cm³/mol. The average molecular weight is 479 g/mol. The van der Waals surface area contributed by atoms with E-state index in [0.717, 1.165) is 36.7 Å². The van der Waals surface area contributed by atoms with Gasteiger partial charge >= 0.3 is 0 Å². The van der Waals surface area contributed by atoms with Crippen molar-refractivity contribution in [3.63, 3.8) is 0 Å². The number of anilines is 1. The summed E-state index contributed by atoms with van der Waals surface area (Å²) in [6.45, 7) is 5.28. The van der Waals surface area contributed by atoms with Crippen LogP contribution < -0.4 is 14.8 Å². The minimum atomic E-state index is -0.00563. The number of fused-ring (bicyclic) bond motifs is 3. The monoisotopic (exact) mass is 478 g/mol. The number of carbonyl (C=O) groups excluding carboxylic acids is 1. The van der Waals surface area contributed by atoms with E-state index in [1.54, 1.807) is 17.5 Å². The second-order valence-electron chi connectivity index (χ2n) is 9.65. The van der Waals surface area contributed by atoms with Crippen LogP contribution >= 0.6 is 11.3 Å². The van der Waals surface area contributed by atoms with Gasteiger partial charge in [0, 0.05) is 28.9 Å². The molecule has 2 aromatic heterocycles. The van der Waals surface area contributed by atoms with E-state index in [2.05, 4.69) is 45.8 Å². The molecule has 1 fully saturated rings. The van der Waals surface area contributed by atoms with E-state index in [4.69, 9.17) is 9.47 Å². The Morgan fingerprint density at radius 2 is 2.00 bits per heavy atom. The number of hydrogen-bond acceptors (Lipinski definition) is 6. The number of nitrogens with one attached hydrogen (secondary N) is 1. The standard InChI is InChI=1S/C26H30N4O3S/c1-18-20-13-22-23(33-11-10-32-22)14-21(20)26(7-2-3-8-26)17-29(18)16-25(31)28-24-6-9-27-30(24)15-19-5-4-12-34-19/h4-6,9,12-14,18H,2-3,7-8,10-11,15-17H2,1H3,(H,28,31). The number of ether oxygens (including phenoxy) is 2. The van der Waals surface area contributed by atoms with Gasteiger partial charge in [0.05, 0.1) is 19.3 Å². The fourth-order valence-corrected chi connectivity index (χ4v) is 6.56. The van der Waals surface area contributed by atoms with Gasteiger partial charge in [0.15, 0.2) is 11.5 Å². The quantitative estimate of drug-likeness (QED) is 0.581. The van der Waals surface area contributed by atoms with E-state index < -0.39 is 0 Å². The SMILES string of the molecule is CC1c2cc3c(cc2C2(CCCC2)CN1CC(=O)Nc1ccnn1Cc1cccs1)OCCO3. The topological polar surface area (TPSA) is 68.6 Å². The van der Waals surface area contributed by atoms with Crippen LogP contribution in [0, 0.1) is 0 Å². The van der Waals surface area contributed by atoms with Gasteiger partial charge in [-0.05, 0) is 54.5 Å². The van der Waals surface area contributed by atoms with Crippen molar-refractivity contribution in [3.05, 3.63) is 57.9 Å². The fraction of sp³-hybridized carbons (Fsp3) is 0.462. The molecule has 3 aliphatic rings. The van der Waals surface area contributed by atoms with Gasteiger partial charge in [-0.1, -0.05) is 18.9 Å². The molecule has 1 saturated carbocycles. The molecule has 8 heteroatoms. The first kappa shape index (κ1) is 21.7. The van der Waals surface area contributed by atoms with Crippen molar-refractivity contribution < 1.29 is 14.3 Å². The van der Waals surface area contributed by atoms with Crippen LogP contribution in [0.15, 0.2) is 41.9 Å².